The van der Waals surface area contributed by atoms with E-state index in [2.05, 4.69) is 31.4 Å². The third-order valence-electron chi connectivity index (χ3n) is 3.36. The van der Waals surface area contributed by atoms with Crippen LogP contribution in [0.4, 0.5) is 5.69 Å². The van der Waals surface area contributed by atoms with E-state index in [1.165, 1.54) is 0 Å². The molecule has 0 aliphatic carbocycles. The number of aromatic nitrogens is 2. The fourth-order valence-electron chi connectivity index (χ4n) is 2.20. The highest BCUT2D eigenvalue weighted by Gasteiger charge is 2.15. The molecule has 22 heavy (non-hydrogen) atoms. The van der Waals surface area contributed by atoms with Crippen molar-refractivity contribution >= 4 is 27.5 Å². The van der Waals surface area contributed by atoms with Crippen molar-refractivity contribution in [2.75, 3.05) is 5.32 Å². The van der Waals surface area contributed by atoms with Gasteiger partial charge in [-0.15, -0.1) is 0 Å². The number of halogens is 1. The molecule has 0 atom stereocenters. The number of benzene rings is 2. The summed E-state index contributed by atoms with van der Waals surface area (Å²) >= 11 is 3.45. The second kappa shape index (κ2) is 6.15. The average Bonchev–Trinajstić information content (AvgIpc) is 3.01. The number of carbonyl (C=O) groups is 1. The number of amides is 1. The van der Waals surface area contributed by atoms with Gasteiger partial charge in [0.1, 0.15) is 0 Å². The second-order valence-electron chi connectivity index (χ2n) is 4.94. The van der Waals surface area contributed by atoms with Gasteiger partial charge in [-0.1, -0.05) is 46.3 Å². The van der Waals surface area contributed by atoms with Gasteiger partial charge in [-0.3, -0.25) is 9.89 Å². The lowest BCUT2D eigenvalue weighted by molar-refractivity contribution is 0.102. The van der Waals surface area contributed by atoms with Gasteiger partial charge in [0, 0.05) is 15.7 Å². The van der Waals surface area contributed by atoms with Crippen LogP contribution in [-0.4, -0.2) is 16.1 Å². The lowest BCUT2D eigenvalue weighted by atomic mass is 10.1. The number of nitrogens with zero attached hydrogens (tertiary/aromatic N) is 1. The minimum Gasteiger partial charge on any atom is -0.322 e. The minimum atomic E-state index is -0.186. The summed E-state index contributed by atoms with van der Waals surface area (Å²) in [6.45, 7) is 1.98. The van der Waals surface area contributed by atoms with Crippen molar-refractivity contribution in [1.82, 2.24) is 10.2 Å². The molecule has 0 unspecified atom stereocenters. The minimum absolute atomic E-state index is 0.186. The first-order valence-electron chi connectivity index (χ1n) is 6.81. The summed E-state index contributed by atoms with van der Waals surface area (Å²) in [5, 5.41) is 9.79. The number of nitrogens with one attached hydrogen (secondary N) is 2. The zero-order valence-electron chi connectivity index (χ0n) is 11.9. The molecule has 1 aromatic heterocycles. The van der Waals surface area contributed by atoms with Crippen LogP contribution in [0.25, 0.3) is 11.3 Å². The first-order valence-corrected chi connectivity index (χ1v) is 7.61. The first-order chi connectivity index (χ1) is 10.6. The fraction of sp³-hybridized carbons (Fsp3) is 0.0588. The molecule has 3 aromatic rings. The predicted octanol–water partition coefficient (Wildman–Crippen LogP) is 4.40. The molecule has 0 fully saturated rings. The maximum Gasteiger partial charge on any atom is 0.259 e. The van der Waals surface area contributed by atoms with E-state index in [4.69, 9.17) is 0 Å². The molecule has 2 aromatic carbocycles. The standard InChI is InChI=1S/C17H14BrN3O/c1-11-9-13(7-8-15(11)18)20-17(22)14-10-19-21-16(14)12-5-3-2-4-6-12/h2-10H,1H3,(H,19,21)(H,20,22). The Morgan fingerprint density at radius 2 is 1.95 bits per heavy atom. The van der Waals surface area contributed by atoms with Crippen molar-refractivity contribution in [2.24, 2.45) is 0 Å². The summed E-state index contributed by atoms with van der Waals surface area (Å²) in [4.78, 5) is 12.5. The molecule has 0 saturated carbocycles. The Hall–Kier alpha value is -2.40. The Labute approximate surface area is 136 Å². The lowest BCUT2D eigenvalue weighted by Gasteiger charge is -2.07. The van der Waals surface area contributed by atoms with E-state index in [0.717, 1.165) is 21.3 Å². The third kappa shape index (κ3) is 2.94. The number of aromatic amines is 1. The van der Waals surface area contributed by atoms with E-state index in [0.29, 0.717) is 11.3 Å². The van der Waals surface area contributed by atoms with Gasteiger partial charge >= 0.3 is 0 Å². The molecule has 0 spiro atoms. The largest absolute Gasteiger partial charge is 0.322 e. The van der Waals surface area contributed by atoms with Gasteiger partial charge in [0.2, 0.25) is 0 Å². The van der Waals surface area contributed by atoms with Crippen LogP contribution < -0.4 is 5.32 Å². The van der Waals surface area contributed by atoms with Crippen molar-refractivity contribution in [1.29, 1.82) is 0 Å². The highest BCUT2D eigenvalue weighted by Crippen LogP contribution is 2.23. The Bertz CT molecular complexity index is 812. The van der Waals surface area contributed by atoms with Crippen molar-refractivity contribution in [2.45, 2.75) is 6.92 Å². The fourth-order valence-corrected chi connectivity index (χ4v) is 2.45. The van der Waals surface area contributed by atoms with Crippen LogP contribution in [0.1, 0.15) is 15.9 Å². The number of hydrogen-bond donors (Lipinski definition) is 2. The third-order valence-corrected chi connectivity index (χ3v) is 4.25. The zero-order chi connectivity index (χ0) is 15.5. The van der Waals surface area contributed by atoms with Gasteiger partial charge in [-0.05, 0) is 30.7 Å². The summed E-state index contributed by atoms with van der Waals surface area (Å²) in [6.07, 6.45) is 1.55. The Morgan fingerprint density at radius 3 is 2.68 bits per heavy atom. The number of carbonyl (C=O) groups excluding carboxylic acids is 1. The SMILES string of the molecule is Cc1cc(NC(=O)c2cn[nH]c2-c2ccccc2)ccc1Br. The van der Waals surface area contributed by atoms with Gasteiger partial charge in [0.25, 0.3) is 5.91 Å². The highest BCUT2D eigenvalue weighted by atomic mass is 79.9. The van der Waals surface area contributed by atoms with Crippen molar-refractivity contribution < 1.29 is 4.79 Å². The predicted molar refractivity (Wildman–Crippen MR) is 90.9 cm³/mol. The lowest BCUT2D eigenvalue weighted by Crippen LogP contribution is -2.12. The molecule has 0 radical (unpaired) electrons. The molecule has 2 N–H and O–H groups in total. The Balaban J connectivity index is 1.87. The Morgan fingerprint density at radius 1 is 1.18 bits per heavy atom. The average molecular weight is 356 g/mol. The number of hydrogen-bond acceptors (Lipinski definition) is 2. The summed E-state index contributed by atoms with van der Waals surface area (Å²) < 4.78 is 1.01. The van der Waals surface area contributed by atoms with E-state index in [1.54, 1.807) is 6.20 Å². The van der Waals surface area contributed by atoms with Gasteiger partial charge in [-0.25, -0.2) is 0 Å². The van der Waals surface area contributed by atoms with E-state index in [9.17, 15) is 4.79 Å². The molecule has 110 valence electrons. The van der Waals surface area contributed by atoms with E-state index >= 15 is 0 Å². The Kier molecular flexibility index (Phi) is 4.06. The molecule has 0 bridgehead atoms. The van der Waals surface area contributed by atoms with Crippen LogP contribution in [-0.2, 0) is 0 Å². The maximum atomic E-state index is 12.5. The summed E-state index contributed by atoms with van der Waals surface area (Å²) in [5.74, 6) is -0.186. The van der Waals surface area contributed by atoms with E-state index in [1.807, 2.05) is 55.5 Å². The molecular formula is C17H14BrN3O. The van der Waals surface area contributed by atoms with Gasteiger partial charge in [0.05, 0.1) is 17.5 Å². The highest BCUT2D eigenvalue weighted by molar-refractivity contribution is 9.10. The molecule has 3 rings (SSSR count). The molecule has 1 heterocycles. The smallest absolute Gasteiger partial charge is 0.259 e. The maximum absolute atomic E-state index is 12.5. The number of rotatable bonds is 3. The summed E-state index contributed by atoms with van der Waals surface area (Å²) in [5.41, 5.74) is 3.98. The van der Waals surface area contributed by atoms with Crippen LogP contribution in [0.2, 0.25) is 0 Å². The number of anilines is 1. The molecule has 5 heteroatoms. The van der Waals surface area contributed by atoms with Crippen LogP contribution in [0.15, 0.2) is 59.2 Å². The molecule has 0 aliphatic heterocycles. The number of H-pyrrole nitrogens is 1. The first kappa shape index (κ1) is 14.5. The summed E-state index contributed by atoms with van der Waals surface area (Å²) in [6, 6.07) is 15.4. The zero-order valence-corrected chi connectivity index (χ0v) is 13.5. The summed E-state index contributed by atoms with van der Waals surface area (Å²) in [7, 11) is 0. The van der Waals surface area contributed by atoms with Gasteiger partial charge < -0.3 is 5.32 Å². The molecular weight excluding hydrogens is 342 g/mol. The topological polar surface area (TPSA) is 57.8 Å². The number of aryl methyl sites for hydroxylation is 1. The van der Waals surface area contributed by atoms with E-state index in [-0.39, 0.29) is 5.91 Å². The van der Waals surface area contributed by atoms with Crippen molar-refractivity contribution in [3.05, 3.63) is 70.3 Å². The van der Waals surface area contributed by atoms with Gasteiger partial charge in [0.15, 0.2) is 0 Å². The molecule has 0 saturated heterocycles. The monoisotopic (exact) mass is 355 g/mol. The molecule has 0 aliphatic rings. The second-order valence-corrected chi connectivity index (χ2v) is 5.80. The van der Waals surface area contributed by atoms with Crippen LogP contribution in [0, 0.1) is 6.92 Å². The van der Waals surface area contributed by atoms with Crippen molar-refractivity contribution in [3.63, 3.8) is 0 Å². The van der Waals surface area contributed by atoms with Crippen molar-refractivity contribution in [3.8, 4) is 11.3 Å². The normalized spacial score (nSPS) is 10.5. The van der Waals surface area contributed by atoms with Crippen LogP contribution in [0.5, 0.6) is 0 Å². The molecule has 4 nitrogen and oxygen atoms in total. The van der Waals surface area contributed by atoms with Gasteiger partial charge in [-0.2, -0.15) is 5.10 Å². The quantitative estimate of drug-likeness (QED) is 0.731. The molecule has 1 amide bonds. The van der Waals surface area contributed by atoms with E-state index < -0.39 is 0 Å². The van der Waals surface area contributed by atoms with Crippen LogP contribution in [0.3, 0.4) is 0 Å². The van der Waals surface area contributed by atoms with Crippen LogP contribution >= 0.6 is 15.9 Å².